The highest BCUT2D eigenvalue weighted by Gasteiger charge is 2.25. The van der Waals surface area contributed by atoms with Gasteiger partial charge in [0, 0.05) is 31.7 Å². The van der Waals surface area contributed by atoms with Gasteiger partial charge in [0.2, 0.25) is 5.91 Å². The molecule has 114 valence electrons. The van der Waals surface area contributed by atoms with Crippen molar-refractivity contribution in [3.05, 3.63) is 30.1 Å². The Balaban J connectivity index is 1.81. The van der Waals surface area contributed by atoms with Gasteiger partial charge in [-0.05, 0) is 30.9 Å². The predicted molar refractivity (Wildman–Crippen MR) is 80.8 cm³/mol. The van der Waals surface area contributed by atoms with Crippen LogP contribution in [0.4, 0.5) is 0 Å². The van der Waals surface area contributed by atoms with Crippen LogP contribution in [0.25, 0.3) is 0 Å². The second kappa shape index (κ2) is 7.20. The van der Waals surface area contributed by atoms with Gasteiger partial charge in [0.05, 0.1) is 0 Å². The summed E-state index contributed by atoms with van der Waals surface area (Å²) in [5.41, 5.74) is 0.486. The molecule has 2 amide bonds. The van der Waals surface area contributed by atoms with Crippen LogP contribution in [0.5, 0.6) is 0 Å². The van der Waals surface area contributed by atoms with Gasteiger partial charge in [-0.1, -0.05) is 19.9 Å². The highest BCUT2D eigenvalue weighted by Crippen LogP contribution is 2.13. The zero-order valence-corrected chi connectivity index (χ0v) is 12.7. The average molecular weight is 289 g/mol. The number of aromatic nitrogens is 1. The molecule has 0 radical (unpaired) electrons. The van der Waals surface area contributed by atoms with E-state index in [1.54, 1.807) is 18.3 Å². The lowest BCUT2D eigenvalue weighted by Crippen LogP contribution is -2.46. The maximum Gasteiger partial charge on any atom is 0.272 e. The summed E-state index contributed by atoms with van der Waals surface area (Å²) in [6.07, 6.45) is 3.81. The maximum atomic E-state index is 12.3. The normalized spacial score (nSPS) is 16.0. The Kier molecular flexibility index (Phi) is 5.31. The summed E-state index contributed by atoms with van der Waals surface area (Å²) in [5, 5.41) is 3.06. The van der Waals surface area contributed by atoms with Gasteiger partial charge in [-0.15, -0.1) is 0 Å². The molecule has 0 saturated carbocycles. The molecule has 0 aliphatic carbocycles. The number of hydrogen-bond acceptors (Lipinski definition) is 3. The van der Waals surface area contributed by atoms with Crippen LogP contribution in [-0.4, -0.2) is 40.8 Å². The fourth-order valence-corrected chi connectivity index (χ4v) is 2.54. The van der Waals surface area contributed by atoms with E-state index in [1.165, 1.54) is 0 Å². The minimum absolute atomic E-state index is 0.0254. The molecule has 2 rings (SSSR count). The first-order valence-electron chi connectivity index (χ1n) is 7.56. The number of piperidine rings is 1. The molecular weight excluding hydrogens is 266 g/mol. The van der Waals surface area contributed by atoms with E-state index in [0.717, 1.165) is 12.8 Å². The largest absolute Gasteiger partial charge is 0.353 e. The van der Waals surface area contributed by atoms with Crippen LogP contribution < -0.4 is 5.32 Å². The Morgan fingerprint density at radius 1 is 1.33 bits per heavy atom. The summed E-state index contributed by atoms with van der Waals surface area (Å²) >= 11 is 0. The van der Waals surface area contributed by atoms with Crippen molar-refractivity contribution in [2.75, 3.05) is 13.1 Å². The van der Waals surface area contributed by atoms with E-state index < -0.39 is 0 Å². The van der Waals surface area contributed by atoms with Crippen molar-refractivity contribution in [2.24, 2.45) is 5.92 Å². The van der Waals surface area contributed by atoms with Crippen LogP contribution in [-0.2, 0) is 4.79 Å². The molecule has 0 spiro atoms. The Labute approximate surface area is 125 Å². The summed E-state index contributed by atoms with van der Waals surface area (Å²) in [6.45, 7) is 5.41. The minimum atomic E-state index is -0.0254. The minimum Gasteiger partial charge on any atom is -0.353 e. The molecule has 2 heterocycles. The number of likely N-dealkylation sites (tertiary alicyclic amines) is 1. The van der Waals surface area contributed by atoms with Gasteiger partial charge >= 0.3 is 0 Å². The topological polar surface area (TPSA) is 62.3 Å². The molecule has 1 aromatic rings. The smallest absolute Gasteiger partial charge is 0.272 e. The fourth-order valence-electron chi connectivity index (χ4n) is 2.54. The lowest BCUT2D eigenvalue weighted by atomic mass is 10.0. The molecule has 1 aromatic heterocycles. The van der Waals surface area contributed by atoms with Crippen LogP contribution in [0.1, 0.15) is 43.6 Å². The van der Waals surface area contributed by atoms with Gasteiger partial charge in [-0.25, -0.2) is 0 Å². The molecule has 5 nitrogen and oxygen atoms in total. The summed E-state index contributed by atoms with van der Waals surface area (Å²) in [5.74, 6) is 0.456. The Bertz CT molecular complexity index is 480. The van der Waals surface area contributed by atoms with Crippen molar-refractivity contribution in [1.29, 1.82) is 0 Å². The molecule has 0 bridgehead atoms. The number of amides is 2. The van der Waals surface area contributed by atoms with E-state index in [2.05, 4.69) is 10.3 Å². The van der Waals surface area contributed by atoms with Gasteiger partial charge in [0.25, 0.3) is 5.91 Å². The van der Waals surface area contributed by atoms with Crippen molar-refractivity contribution in [3.8, 4) is 0 Å². The standard InChI is InChI=1S/C16H23N3O2/c1-12(2)11-15(20)18-13-6-9-19(10-7-13)16(21)14-5-3-4-8-17-14/h3-5,8,12-13H,6-7,9-11H2,1-2H3,(H,18,20). The van der Waals surface area contributed by atoms with Gasteiger partial charge in [0.1, 0.15) is 5.69 Å². The highest BCUT2D eigenvalue weighted by atomic mass is 16.2. The van der Waals surface area contributed by atoms with E-state index >= 15 is 0 Å². The molecule has 0 atom stereocenters. The Morgan fingerprint density at radius 2 is 2.05 bits per heavy atom. The lowest BCUT2D eigenvalue weighted by Gasteiger charge is -2.32. The third-order valence-electron chi connectivity index (χ3n) is 3.62. The summed E-state index contributed by atoms with van der Waals surface area (Å²) in [4.78, 5) is 29.9. The molecule has 5 heteroatoms. The molecule has 21 heavy (non-hydrogen) atoms. The second-order valence-electron chi connectivity index (χ2n) is 5.95. The van der Waals surface area contributed by atoms with E-state index in [0.29, 0.717) is 31.1 Å². The SMILES string of the molecule is CC(C)CC(=O)NC1CCN(C(=O)c2ccccn2)CC1. The average Bonchev–Trinajstić information content (AvgIpc) is 2.47. The number of rotatable bonds is 4. The first-order chi connectivity index (χ1) is 10.1. The fraction of sp³-hybridized carbons (Fsp3) is 0.562. The van der Waals surface area contributed by atoms with Gasteiger partial charge < -0.3 is 10.2 Å². The Hall–Kier alpha value is -1.91. The lowest BCUT2D eigenvalue weighted by molar-refractivity contribution is -0.122. The summed E-state index contributed by atoms with van der Waals surface area (Å²) < 4.78 is 0. The van der Waals surface area contributed by atoms with E-state index in [9.17, 15) is 9.59 Å². The number of nitrogens with zero attached hydrogens (tertiary/aromatic N) is 2. The number of carbonyl (C=O) groups is 2. The zero-order valence-electron chi connectivity index (χ0n) is 12.7. The second-order valence-corrected chi connectivity index (χ2v) is 5.95. The quantitative estimate of drug-likeness (QED) is 0.920. The van der Waals surface area contributed by atoms with Crippen molar-refractivity contribution in [3.63, 3.8) is 0 Å². The predicted octanol–water partition coefficient (Wildman–Crippen LogP) is 1.85. The van der Waals surface area contributed by atoms with Crippen molar-refractivity contribution in [2.45, 2.75) is 39.2 Å². The third kappa shape index (κ3) is 4.55. The number of hydrogen-bond donors (Lipinski definition) is 1. The third-order valence-corrected chi connectivity index (χ3v) is 3.62. The molecule has 0 aromatic carbocycles. The first-order valence-corrected chi connectivity index (χ1v) is 7.56. The first kappa shape index (κ1) is 15.5. The van der Waals surface area contributed by atoms with Crippen LogP contribution in [0.2, 0.25) is 0 Å². The van der Waals surface area contributed by atoms with Crippen LogP contribution in [0.3, 0.4) is 0 Å². The van der Waals surface area contributed by atoms with E-state index in [4.69, 9.17) is 0 Å². The molecule has 1 fully saturated rings. The van der Waals surface area contributed by atoms with Crippen LogP contribution in [0.15, 0.2) is 24.4 Å². The molecule has 1 aliphatic heterocycles. The van der Waals surface area contributed by atoms with Crippen molar-refractivity contribution >= 4 is 11.8 Å². The van der Waals surface area contributed by atoms with Crippen LogP contribution in [0, 0.1) is 5.92 Å². The number of nitrogens with one attached hydrogen (secondary N) is 1. The molecule has 0 unspecified atom stereocenters. The zero-order chi connectivity index (χ0) is 15.2. The van der Waals surface area contributed by atoms with E-state index in [-0.39, 0.29) is 17.9 Å². The molecule has 1 aliphatic rings. The molecule has 1 saturated heterocycles. The van der Waals surface area contributed by atoms with E-state index in [1.807, 2.05) is 24.8 Å². The van der Waals surface area contributed by atoms with Crippen molar-refractivity contribution < 1.29 is 9.59 Å². The van der Waals surface area contributed by atoms with Gasteiger partial charge in [-0.3, -0.25) is 14.6 Å². The number of carbonyl (C=O) groups excluding carboxylic acids is 2. The Morgan fingerprint density at radius 3 is 2.62 bits per heavy atom. The highest BCUT2D eigenvalue weighted by molar-refractivity contribution is 5.92. The number of pyridine rings is 1. The van der Waals surface area contributed by atoms with Crippen molar-refractivity contribution in [1.82, 2.24) is 15.2 Å². The van der Waals surface area contributed by atoms with Gasteiger partial charge in [-0.2, -0.15) is 0 Å². The molecule has 1 N–H and O–H groups in total. The summed E-state index contributed by atoms with van der Waals surface area (Å²) in [6, 6.07) is 5.54. The maximum absolute atomic E-state index is 12.3. The monoisotopic (exact) mass is 289 g/mol. The van der Waals surface area contributed by atoms with Gasteiger partial charge in [0.15, 0.2) is 0 Å². The van der Waals surface area contributed by atoms with Crippen LogP contribution >= 0.6 is 0 Å². The summed E-state index contributed by atoms with van der Waals surface area (Å²) in [7, 11) is 0. The molecular formula is C16H23N3O2.